The van der Waals surface area contributed by atoms with Crippen LogP contribution in [0.2, 0.25) is 0 Å². The fraction of sp³-hybridized carbons (Fsp3) is 0.321. The molecule has 2 unspecified atom stereocenters. The minimum atomic E-state index is -0.467. The second-order valence-electron chi connectivity index (χ2n) is 8.90. The van der Waals surface area contributed by atoms with Crippen LogP contribution in [-0.2, 0) is 16.1 Å². The number of hydrogen-bond acceptors (Lipinski definition) is 5. The van der Waals surface area contributed by atoms with E-state index >= 15 is 0 Å². The van der Waals surface area contributed by atoms with E-state index in [1.54, 1.807) is 12.1 Å². The topological polar surface area (TPSA) is 53.6 Å². The third-order valence-electron chi connectivity index (χ3n) is 6.68. The summed E-state index contributed by atoms with van der Waals surface area (Å²) in [7, 11) is 0. The second kappa shape index (κ2) is 10.6. The standard InChI is InChI=1S/C28H30FN3O2/c29-24-8-6-21(7-9-24)25-17-22(20-4-2-1-3-5-20)16-23(18-32-13-10-30-11-14-32)27(25)26(19-33)28-31-12-15-34-28/h1-9,16-17,19,26,28,30-31H,10-15,18H2. The van der Waals surface area contributed by atoms with E-state index in [1.165, 1.54) is 12.1 Å². The van der Waals surface area contributed by atoms with Gasteiger partial charge in [-0.05, 0) is 57.6 Å². The number of carbonyl (C=O) groups is 1. The van der Waals surface area contributed by atoms with E-state index in [-0.39, 0.29) is 12.0 Å². The van der Waals surface area contributed by atoms with Crippen molar-refractivity contribution in [3.63, 3.8) is 0 Å². The molecule has 2 fully saturated rings. The lowest BCUT2D eigenvalue weighted by Gasteiger charge is -2.31. The Kier molecular flexibility index (Phi) is 7.11. The number of rotatable bonds is 7. The van der Waals surface area contributed by atoms with Gasteiger partial charge in [-0.3, -0.25) is 10.2 Å². The van der Waals surface area contributed by atoms with E-state index in [0.29, 0.717) is 6.61 Å². The van der Waals surface area contributed by atoms with E-state index in [4.69, 9.17) is 4.74 Å². The monoisotopic (exact) mass is 459 g/mol. The van der Waals surface area contributed by atoms with Gasteiger partial charge in [0.05, 0.1) is 12.5 Å². The van der Waals surface area contributed by atoms with Gasteiger partial charge in [-0.1, -0.05) is 42.5 Å². The number of piperazine rings is 1. The maximum Gasteiger partial charge on any atom is 0.131 e. The van der Waals surface area contributed by atoms with Gasteiger partial charge in [0.15, 0.2) is 0 Å². The highest BCUT2D eigenvalue weighted by molar-refractivity contribution is 5.81. The van der Waals surface area contributed by atoms with Crippen molar-refractivity contribution in [3.8, 4) is 22.3 Å². The third kappa shape index (κ3) is 4.95. The molecule has 2 aliphatic rings. The van der Waals surface area contributed by atoms with Crippen molar-refractivity contribution in [1.29, 1.82) is 0 Å². The molecule has 2 heterocycles. The average molecular weight is 460 g/mol. The molecule has 0 bridgehead atoms. The van der Waals surface area contributed by atoms with E-state index in [2.05, 4.69) is 39.8 Å². The van der Waals surface area contributed by atoms with Crippen LogP contribution in [0.5, 0.6) is 0 Å². The lowest BCUT2D eigenvalue weighted by Crippen LogP contribution is -2.43. The Labute approximate surface area is 199 Å². The number of aldehydes is 1. The Bertz CT molecular complexity index is 1110. The molecule has 2 N–H and O–H groups in total. The number of nitrogens with zero attached hydrogens (tertiary/aromatic N) is 1. The molecule has 0 aromatic heterocycles. The molecule has 3 aromatic carbocycles. The highest BCUT2D eigenvalue weighted by Gasteiger charge is 2.31. The van der Waals surface area contributed by atoms with Gasteiger partial charge in [0.2, 0.25) is 0 Å². The van der Waals surface area contributed by atoms with Gasteiger partial charge in [0.1, 0.15) is 18.3 Å². The van der Waals surface area contributed by atoms with Gasteiger partial charge in [-0.25, -0.2) is 4.39 Å². The largest absolute Gasteiger partial charge is 0.361 e. The lowest BCUT2D eigenvalue weighted by atomic mass is 9.83. The van der Waals surface area contributed by atoms with E-state index < -0.39 is 5.92 Å². The van der Waals surface area contributed by atoms with Gasteiger partial charge in [0, 0.05) is 39.3 Å². The number of hydrogen-bond donors (Lipinski definition) is 2. The zero-order valence-electron chi connectivity index (χ0n) is 19.2. The van der Waals surface area contributed by atoms with Crippen molar-refractivity contribution in [2.75, 3.05) is 39.3 Å². The Morgan fingerprint density at radius 3 is 2.41 bits per heavy atom. The molecule has 2 atom stereocenters. The molecular formula is C28H30FN3O2. The molecule has 6 heteroatoms. The van der Waals surface area contributed by atoms with Gasteiger partial charge in [0.25, 0.3) is 0 Å². The van der Waals surface area contributed by atoms with E-state index in [0.717, 1.165) is 78.9 Å². The fourth-order valence-electron chi connectivity index (χ4n) is 4.98. The predicted molar refractivity (Wildman–Crippen MR) is 132 cm³/mol. The molecule has 0 amide bonds. The number of benzene rings is 3. The highest BCUT2D eigenvalue weighted by Crippen LogP contribution is 2.38. The van der Waals surface area contributed by atoms with Crippen molar-refractivity contribution in [3.05, 3.63) is 83.7 Å². The Morgan fingerprint density at radius 1 is 0.971 bits per heavy atom. The number of carbonyl (C=O) groups excluding carboxylic acids is 1. The summed E-state index contributed by atoms with van der Waals surface area (Å²) in [5.74, 6) is -0.747. The molecule has 0 radical (unpaired) electrons. The molecule has 0 aliphatic carbocycles. The Balaban J connectivity index is 1.70. The molecule has 0 saturated carbocycles. The molecule has 2 aliphatic heterocycles. The first-order chi connectivity index (χ1) is 16.7. The predicted octanol–water partition coefficient (Wildman–Crippen LogP) is 3.79. The zero-order valence-corrected chi connectivity index (χ0v) is 19.2. The summed E-state index contributed by atoms with van der Waals surface area (Å²) >= 11 is 0. The molecular weight excluding hydrogens is 429 g/mol. The highest BCUT2D eigenvalue weighted by atomic mass is 19.1. The first kappa shape index (κ1) is 22.9. The lowest BCUT2D eigenvalue weighted by molar-refractivity contribution is -0.111. The summed E-state index contributed by atoms with van der Waals surface area (Å²) in [5.41, 5.74) is 6.09. The molecule has 0 spiro atoms. The minimum Gasteiger partial charge on any atom is -0.361 e. The van der Waals surface area contributed by atoms with Crippen LogP contribution in [-0.4, -0.2) is 56.7 Å². The van der Waals surface area contributed by atoms with E-state index in [9.17, 15) is 9.18 Å². The molecule has 5 nitrogen and oxygen atoms in total. The number of nitrogens with one attached hydrogen (secondary N) is 2. The quantitative estimate of drug-likeness (QED) is 0.527. The van der Waals surface area contributed by atoms with Crippen LogP contribution < -0.4 is 10.6 Å². The summed E-state index contributed by atoms with van der Waals surface area (Å²) < 4.78 is 19.7. The van der Waals surface area contributed by atoms with Crippen LogP contribution in [0, 0.1) is 5.82 Å². The van der Waals surface area contributed by atoms with Crippen LogP contribution in [0.3, 0.4) is 0 Å². The summed E-state index contributed by atoms with van der Waals surface area (Å²) in [4.78, 5) is 14.9. The summed E-state index contributed by atoms with van der Waals surface area (Å²) in [5, 5.41) is 6.74. The first-order valence-electron chi connectivity index (χ1n) is 11.9. The van der Waals surface area contributed by atoms with Crippen LogP contribution in [0.25, 0.3) is 22.3 Å². The zero-order chi connectivity index (χ0) is 23.3. The average Bonchev–Trinajstić information content (AvgIpc) is 3.41. The number of halogens is 1. The Hall–Kier alpha value is -2.90. The van der Waals surface area contributed by atoms with Crippen molar-refractivity contribution < 1.29 is 13.9 Å². The molecule has 5 rings (SSSR count). The minimum absolute atomic E-state index is 0.279. The van der Waals surface area contributed by atoms with Gasteiger partial charge in [-0.2, -0.15) is 0 Å². The van der Waals surface area contributed by atoms with Crippen LogP contribution >= 0.6 is 0 Å². The maximum atomic E-state index is 13.8. The summed E-state index contributed by atoms with van der Waals surface area (Å²) in [6.45, 7) is 5.83. The van der Waals surface area contributed by atoms with E-state index in [1.807, 2.05) is 18.2 Å². The van der Waals surface area contributed by atoms with Crippen molar-refractivity contribution in [2.24, 2.45) is 0 Å². The SMILES string of the molecule is O=CC(c1c(CN2CCNCC2)cc(-c2ccccc2)cc1-c1ccc(F)cc1)C1NCCO1. The van der Waals surface area contributed by atoms with Crippen LogP contribution in [0.15, 0.2) is 66.7 Å². The fourth-order valence-corrected chi connectivity index (χ4v) is 4.98. The van der Waals surface area contributed by atoms with Crippen molar-refractivity contribution >= 4 is 6.29 Å². The number of ether oxygens (including phenoxy) is 1. The van der Waals surface area contributed by atoms with Crippen molar-refractivity contribution in [1.82, 2.24) is 15.5 Å². The van der Waals surface area contributed by atoms with Gasteiger partial charge in [-0.15, -0.1) is 0 Å². The molecule has 3 aromatic rings. The maximum absolute atomic E-state index is 13.8. The van der Waals surface area contributed by atoms with Gasteiger partial charge >= 0.3 is 0 Å². The van der Waals surface area contributed by atoms with Crippen LogP contribution in [0.1, 0.15) is 17.0 Å². The Morgan fingerprint density at radius 2 is 1.74 bits per heavy atom. The van der Waals surface area contributed by atoms with Gasteiger partial charge < -0.3 is 14.8 Å². The normalized spacial score (nSPS) is 19.7. The second-order valence-corrected chi connectivity index (χ2v) is 8.90. The summed E-state index contributed by atoms with van der Waals surface area (Å²) in [6, 6.07) is 21.1. The third-order valence-corrected chi connectivity index (χ3v) is 6.68. The smallest absolute Gasteiger partial charge is 0.131 e. The molecule has 34 heavy (non-hydrogen) atoms. The van der Waals surface area contributed by atoms with Crippen LogP contribution in [0.4, 0.5) is 4.39 Å². The molecule has 2 saturated heterocycles. The summed E-state index contributed by atoms with van der Waals surface area (Å²) in [6.07, 6.45) is 0.621. The van der Waals surface area contributed by atoms with Crippen molar-refractivity contribution in [2.45, 2.75) is 18.7 Å². The molecule has 176 valence electrons. The first-order valence-corrected chi connectivity index (χ1v) is 11.9.